The summed E-state index contributed by atoms with van der Waals surface area (Å²) in [7, 11) is 0. The van der Waals surface area contributed by atoms with Crippen LogP contribution < -0.4 is 10.5 Å². The summed E-state index contributed by atoms with van der Waals surface area (Å²) in [6.07, 6.45) is 3.56. The van der Waals surface area contributed by atoms with Crippen LogP contribution in [0.3, 0.4) is 0 Å². The summed E-state index contributed by atoms with van der Waals surface area (Å²) in [4.78, 5) is 4.41. The van der Waals surface area contributed by atoms with Crippen LogP contribution in [0.4, 0.5) is 0 Å². The molecule has 0 radical (unpaired) electrons. The van der Waals surface area contributed by atoms with Crippen molar-refractivity contribution in [2.45, 2.75) is 40.3 Å². The van der Waals surface area contributed by atoms with Gasteiger partial charge in [0.1, 0.15) is 0 Å². The Labute approximate surface area is 113 Å². The largest absolute Gasteiger partial charge is 0.435 e. The molecular weight excluding hydrogens is 240 g/mol. The van der Waals surface area contributed by atoms with Gasteiger partial charge in [0.15, 0.2) is 5.75 Å². The fraction of sp³-hybridized carbons (Fsp3) is 0.429. The quantitative estimate of drug-likeness (QED) is 0.918. The van der Waals surface area contributed by atoms with E-state index in [4.69, 9.17) is 10.5 Å². The van der Waals surface area contributed by atoms with Crippen LogP contribution >= 0.6 is 0 Å². The normalized spacial score (nSPS) is 11.1. The Morgan fingerprint density at radius 1 is 1.37 bits per heavy atom. The van der Waals surface area contributed by atoms with Gasteiger partial charge in [0, 0.05) is 23.8 Å². The molecule has 2 aromatic heterocycles. The number of nitrogens with zero attached hydrogens (tertiary/aromatic N) is 3. The second kappa shape index (κ2) is 5.40. The van der Waals surface area contributed by atoms with E-state index in [1.165, 1.54) is 0 Å². The van der Waals surface area contributed by atoms with Crippen LogP contribution in [0.15, 0.2) is 18.5 Å². The molecule has 0 aliphatic heterocycles. The van der Waals surface area contributed by atoms with Gasteiger partial charge in [-0.1, -0.05) is 0 Å². The molecule has 0 spiro atoms. The molecule has 2 rings (SSSR count). The summed E-state index contributed by atoms with van der Waals surface area (Å²) < 4.78 is 7.67. The van der Waals surface area contributed by atoms with Crippen LogP contribution in [0.25, 0.3) is 0 Å². The summed E-state index contributed by atoms with van der Waals surface area (Å²) >= 11 is 0. The smallest absolute Gasteiger partial charge is 0.224 e. The van der Waals surface area contributed by atoms with Crippen LogP contribution in [0.1, 0.15) is 36.7 Å². The predicted octanol–water partition coefficient (Wildman–Crippen LogP) is 2.73. The first kappa shape index (κ1) is 13.5. The molecule has 0 saturated heterocycles. The van der Waals surface area contributed by atoms with Gasteiger partial charge in [0.05, 0.1) is 12.4 Å². The molecule has 2 N–H and O–H groups in total. The van der Waals surface area contributed by atoms with Crippen LogP contribution in [-0.2, 0) is 6.54 Å². The van der Waals surface area contributed by atoms with Crippen LogP contribution in [0.2, 0.25) is 0 Å². The molecule has 5 heteroatoms. The second-order valence-electron chi connectivity index (χ2n) is 4.92. The first-order valence-electron chi connectivity index (χ1n) is 6.40. The van der Waals surface area contributed by atoms with Crippen molar-refractivity contribution in [3.05, 3.63) is 35.3 Å². The average Bonchev–Trinajstić information content (AvgIpc) is 2.77. The zero-order chi connectivity index (χ0) is 14.0. The number of aromatic nitrogens is 3. The minimum atomic E-state index is 0.304. The summed E-state index contributed by atoms with van der Waals surface area (Å²) in [5.41, 5.74) is 8.72. The Balaban J connectivity index is 2.31. The highest BCUT2D eigenvalue weighted by Crippen LogP contribution is 2.26. The van der Waals surface area contributed by atoms with Gasteiger partial charge in [-0.3, -0.25) is 4.68 Å². The van der Waals surface area contributed by atoms with E-state index in [2.05, 4.69) is 23.9 Å². The number of nitrogens with two attached hydrogens (primary N) is 1. The average molecular weight is 260 g/mol. The maximum Gasteiger partial charge on any atom is 0.224 e. The van der Waals surface area contributed by atoms with E-state index in [0.717, 1.165) is 16.8 Å². The molecule has 5 nitrogen and oxygen atoms in total. The van der Waals surface area contributed by atoms with Crippen LogP contribution in [-0.4, -0.2) is 14.8 Å². The number of hydrogen-bond acceptors (Lipinski definition) is 4. The summed E-state index contributed by atoms with van der Waals surface area (Å²) in [5.74, 6) is 1.25. The van der Waals surface area contributed by atoms with E-state index in [0.29, 0.717) is 24.2 Å². The predicted molar refractivity (Wildman–Crippen MR) is 74.3 cm³/mol. The van der Waals surface area contributed by atoms with Gasteiger partial charge in [-0.05, 0) is 39.3 Å². The molecule has 0 aliphatic carbocycles. The Morgan fingerprint density at radius 2 is 2.11 bits per heavy atom. The maximum atomic E-state index is 5.82. The molecule has 0 bridgehead atoms. The van der Waals surface area contributed by atoms with Crippen molar-refractivity contribution in [3.8, 4) is 11.6 Å². The Kier molecular flexibility index (Phi) is 3.85. The third kappa shape index (κ3) is 2.93. The van der Waals surface area contributed by atoms with Gasteiger partial charge in [-0.2, -0.15) is 5.10 Å². The fourth-order valence-electron chi connectivity index (χ4n) is 1.93. The highest BCUT2D eigenvalue weighted by molar-refractivity contribution is 5.38. The van der Waals surface area contributed by atoms with E-state index in [1.807, 2.05) is 30.8 Å². The summed E-state index contributed by atoms with van der Waals surface area (Å²) in [5, 5.41) is 4.24. The molecular formula is C14H20N4O. The van der Waals surface area contributed by atoms with Crippen molar-refractivity contribution in [1.82, 2.24) is 14.8 Å². The minimum Gasteiger partial charge on any atom is -0.435 e. The highest BCUT2D eigenvalue weighted by Gasteiger charge is 2.11. The van der Waals surface area contributed by atoms with E-state index < -0.39 is 0 Å². The monoisotopic (exact) mass is 260 g/mol. The molecule has 0 fully saturated rings. The van der Waals surface area contributed by atoms with E-state index in [9.17, 15) is 0 Å². The maximum absolute atomic E-state index is 5.82. The van der Waals surface area contributed by atoms with Gasteiger partial charge >= 0.3 is 0 Å². The van der Waals surface area contributed by atoms with Crippen LogP contribution in [0, 0.1) is 13.8 Å². The molecule has 2 heterocycles. The van der Waals surface area contributed by atoms with Crippen molar-refractivity contribution in [2.24, 2.45) is 5.73 Å². The Bertz CT molecular complexity index is 575. The summed E-state index contributed by atoms with van der Waals surface area (Å²) in [6, 6.07) is 2.31. The molecule has 2 aromatic rings. The third-order valence-corrected chi connectivity index (χ3v) is 2.96. The molecule has 0 unspecified atom stereocenters. The molecule has 0 atom stereocenters. The topological polar surface area (TPSA) is 66.0 Å². The van der Waals surface area contributed by atoms with E-state index >= 15 is 0 Å². The zero-order valence-electron chi connectivity index (χ0n) is 11.8. The first-order valence-corrected chi connectivity index (χ1v) is 6.40. The van der Waals surface area contributed by atoms with Gasteiger partial charge in [-0.15, -0.1) is 0 Å². The summed E-state index contributed by atoms with van der Waals surface area (Å²) in [6.45, 7) is 8.50. The highest BCUT2D eigenvalue weighted by atomic mass is 16.5. The van der Waals surface area contributed by atoms with Crippen LogP contribution in [0.5, 0.6) is 11.6 Å². The van der Waals surface area contributed by atoms with Crippen molar-refractivity contribution in [2.75, 3.05) is 0 Å². The molecule has 102 valence electrons. The lowest BCUT2D eigenvalue weighted by Crippen LogP contribution is -2.05. The number of pyridine rings is 1. The van der Waals surface area contributed by atoms with Crippen molar-refractivity contribution < 1.29 is 4.74 Å². The number of hydrogen-bond donors (Lipinski definition) is 1. The van der Waals surface area contributed by atoms with Crippen molar-refractivity contribution >= 4 is 0 Å². The lowest BCUT2D eigenvalue weighted by atomic mass is 10.1. The Hall–Kier alpha value is -1.88. The van der Waals surface area contributed by atoms with E-state index in [-0.39, 0.29) is 0 Å². The third-order valence-electron chi connectivity index (χ3n) is 2.96. The molecule has 0 amide bonds. The molecule has 0 aromatic carbocycles. The van der Waals surface area contributed by atoms with Gasteiger partial charge in [0.25, 0.3) is 0 Å². The van der Waals surface area contributed by atoms with Crippen molar-refractivity contribution in [3.63, 3.8) is 0 Å². The minimum absolute atomic E-state index is 0.304. The molecule has 0 saturated carbocycles. The molecule has 0 aliphatic rings. The van der Waals surface area contributed by atoms with Gasteiger partial charge < -0.3 is 10.5 Å². The fourth-order valence-corrected chi connectivity index (χ4v) is 1.93. The van der Waals surface area contributed by atoms with Crippen molar-refractivity contribution in [1.29, 1.82) is 0 Å². The lowest BCUT2D eigenvalue weighted by molar-refractivity contribution is 0.451. The SMILES string of the molecule is Cc1cc(C)c(CN)c(Oc2cnn(C(C)C)c2)n1. The lowest BCUT2D eigenvalue weighted by Gasteiger charge is -2.11. The van der Waals surface area contributed by atoms with Gasteiger partial charge in [0.2, 0.25) is 5.88 Å². The number of ether oxygens (including phenoxy) is 1. The zero-order valence-corrected chi connectivity index (χ0v) is 11.8. The number of aryl methyl sites for hydroxylation is 2. The Morgan fingerprint density at radius 3 is 2.68 bits per heavy atom. The standard InChI is InChI=1S/C14H20N4O/c1-9(2)18-8-12(7-16-18)19-14-13(6-15)10(3)5-11(4)17-14/h5,7-9H,6,15H2,1-4H3. The van der Waals surface area contributed by atoms with E-state index in [1.54, 1.807) is 6.20 Å². The first-order chi connectivity index (χ1) is 9.01. The van der Waals surface area contributed by atoms with Gasteiger partial charge in [-0.25, -0.2) is 4.98 Å². The number of rotatable bonds is 4. The molecule has 19 heavy (non-hydrogen) atoms. The second-order valence-corrected chi connectivity index (χ2v) is 4.92.